The summed E-state index contributed by atoms with van der Waals surface area (Å²) in [5, 5.41) is 9.55. The van der Waals surface area contributed by atoms with Crippen LogP contribution in [0.25, 0.3) is 0 Å². The topological polar surface area (TPSA) is 29.5 Å². The van der Waals surface area contributed by atoms with Gasteiger partial charge in [0.25, 0.3) is 0 Å². The maximum atomic E-state index is 9.30. The lowest BCUT2D eigenvalue weighted by molar-refractivity contribution is 0.140. The zero-order valence-corrected chi connectivity index (χ0v) is 14.3. The van der Waals surface area contributed by atoms with Gasteiger partial charge < -0.3 is 9.53 Å². The van der Waals surface area contributed by atoms with Gasteiger partial charge in [0, 0.05) is 19.1 Å². The second kappa shape index (κ2) is 6.87. The van der Waals surface area contributed by atoms with E-state index in [0.29, 0.717) is 11.8 Å². The number of aliphatic hydroxyl groups excluding tert-OH is 1. The molecule has 0 aliphatic carbocycles. The Morgan fingerprint density at radius 2 is 1.78 bits per heavy atom. The molecule has 1 N–H and O–H groups in total. The smallest absolute Gasteiger partial charge is 0.191 e. The summed E-state index contributed by atoms with van der Waals surface area (Å²) < 4.78 is 6.24. The highest BCUT2D eigenvalue weighted by Crippen LogP contribution is 2.37. The van der Waals surface area contributed by atoms with Crippen molar-refractivity contribution in [2.45, 2.75) is 52.8 Å². The van der Waals surface area contributed by atoms with E-state index in [9.17, 15) is 5.11 Å². The van der Waals surface area contributed by atoms with Crippen LogP contribution in [0.15, 0.2) is 12.7 Å². The third-order valence-corrected chi connectivity index (χ3v) is 9.10. The van der Waals surface area contributed by atoms with Crippen LogP contribution >= 0.6 is 0 Å². The molecule has 0 saturated heterocycles. The van der Waals surface area contributed by atoms with Crippen LogP contribution in [0.5, 0.6) is 0 Å². The van der Waals surface area contributed by atoms with Crippen molar-refractivity contribution in [2.24, 2.45) is 17.8 Å². The molecule has 0 radical (unpaired) electrons. The van der Waals surface area contributed by atoms with Crippen LogP contribution in [0.4, 0.5) is 0 Å². The van der Waals surface area contributed by atoms with E-state index >= 15 is 0 Å². The van der Waals surface area contributed by atoms with Crippen LogP contribution < -0.4 is 0 Å². The van der Waals surface area contributed by atoms with Crippen LogP contribution in [-0.2, 0) is 4.43 Å². The maximum Gasteiger partial charge on any atom is 0.191 e. The molecule has 0 aliphatic heterocycles. The summed E-state index contributed by atoms with van der Waals surface area (Å²) in [6, 6.07) is 0. The molecule has 0 saturated carbocycles. The zero-order valence-electron chi connectivity index (χ0n) is 13.3. The fourth-order valence-electron chi connectivity index (χ4n) is 1.59. The molecular formula is C15H32O2Si. The summed E-state index contributed by atoms with van der Waals surface area (Å²) in [6.07, 6.45) is 1.85. The van der Waals surface area contributed by atoms with Crippen LogP contribution in [-0.4, -0.2) is 26.6 Å². The van der Waals surface area contributed by atoms with Gasteiger partial charge in [-0.1, -0.05) is 40.7 Å². The molecule has 3 heteroatoms. The molecule has 1 unspecified atom stereocenters. The minimum absolute atomic E-state index is 0.169. The molecule has 3 atom stereocenters. The summed E-state index contributed by atoms with van der Waals surface area (Å²) in [5.41, 5.74) is 0. The maximum absolute atomic E-state index is 9.30. The van der Waals surface area contributed by atoms with Gasteiger partial charge in [-0.2, -0.15) is 0 Å². The van der Waals surface area contributed by atoms with Gasteiger partial charge in [0.2, 0.25) is 0 Å². The second-order valence-corrected chi connectivity index (χ2v) is 11.8. The minimum atomic E-state index is -1.66. The van der Waals surface area contributed by atoms with Gasteiger partial charge in [-0.3, -0.25) is 0 Å². The molecule has 18 heavy (non-hydrogen) atoms. The highest BCUT2D eigenvalue weighted by atomic mass is 28.4. The van der Waals surface area contributed by atoms with E-state index in [2.05, 4.69) is 54.3 Å². The third-order valence-electron chi connectivity index (χ3n) is 4.60. The van der Waals surface area contributed by atoms with Gasteiger partial charge in [-0.05, 0) is 30.0 Å². The van der Waals surface area contributed by atoms with Crippen molar-refractivity contribution in [2.75, 3.05) is 13.2 Å². The predicted molar refractivity (Wildman–Crippen MR) is 82.2 cm³/mol. The van der Waals surface area contributed by atoms with Gasteiger partial charge in [0.1, 0.15) is 0 Å². The molecule has 0 heterocycles. The quantitative estimate of drug-likeness (QED) is 0.559. The summed E-state index contributed by atoms with van der Waals surface area (Å²) in [6.45, 7) is 20.4. The fourth-order valence-corrected chi connectivity index (χ4v) is 2.70. The van der Waals surface area contributed by atoms with Crippen molar-refractivity contribution in [3.8, 4) is 0 Å². The molecule has 0 amide bonds. The normalized spacial score (nSPS) is 18.2. The Morgan fingerprint density at radius 1 is 1.28 bits per heavy atom. The monoisotopic (exact) mass is 272 g/mol. The molecule has 0 aromatic heterocycles. The molecule has 0 spiro atoms. The number of aliphatic hydroxyl groups is 1. The number of hydrogen-bond acceptors (Lipinski definition) is 2. The van der Waals surface area contributed by atoms with Crippen LogP contribution in [0.3, 0.4) is 0 Å². The number of hydrogen-bond donors (Lipinski definition) is 1. The van der Waals surface area contributed by atoms with Crippen molar-refractivity contribution in [3.05, 3.63) is 12.7 Å². The van der Waals surface area contributed by atoms with Gasteiger partial charge in [-0.25, -0.2) is 0 Å². The average Bonchev–Trinajstić information content (AvgIpc) is 2.25. The molecule has 0 bridgehead atoms. The van der Waals surface area contributed by atoms with Crippen molar-refractivity contribution in [1.29, 1.82) is 0 Å². The lowest BCUT2D eigenvalue weighted by Crippen LogP contribution is -2.42. The zero-order chi connectivity index (χ0) is 14.6. The van der Waals surface area contributed by atoms with Crippen molar-refractivity contribution in [1.82, 2.24) is 0 Å². The minimum Gasteiger partial charge on any atom is -0.417 e. The lowest BCUT2D eigenvalue weighted by atomic mass is 9.85. The predicted octanol–water partition coefficient (Wildman–Crippen LogP) is 4.07. The molecule has 0 aliphatic rings. The summed E-state index contributed by atoms with van der Waals surface area (Å²) >= 11 is 0. The SMILES string of the molecule is C=CC(CO)[C@@H](C)[C@@H](C)CO[Si](C)(C)C(C)(C)C. The van der Waals surface area contributed by atoms with Gasteiger partial charge >= 0.3 is 0 Å². The Morgan fingerprint density at radius 3 is 2.11 bits per heavy atom. The van der Waals surface area contributed by atoms with Gasteiger partial charge in [0.15, 0.2) is 8.32 Å². The first-order valence-electron chi connectivity index (χ1n) is 6.94. The van der Waals surface area contributed by atoms with Gasteiger partial charge in [-0.15, -0.1) is 6.58 Å². The Kier molecular flexibility index (Phi) is 6.83. The van der Waals surface area contributed by atoms with E-state index in [-0.39, 0.29) is 17.6 Å². The molecule has 0 fully saturated rings. The van der Waals surface area contributed by atoms with Crippen molar-refractivity contribution in [3.63, 3.8) is 0 Å². The Bertz CT molecular complexity index is 256. The Hall–Kier alpha value is -0.123. The lowest BCUT2D eigenvalue weighted by Gasteiger charge is -2.38. The largest absolute Gasteiger partial charge is 0.417 e. The Balaban J connectivity index is 4.42. The Labute approximate surface area is 115 Å². The van der Waals surface area contributed by atoms with Crippen LogP contribution in [0.1, 0.15) is 34.6 Å². The van der Waals surface area contributed by atoms with E-state index in [0.717, 1.165) is 6.61 Å². The van der Waals surface area contributed by atoms with E-state index in [4.69, 9.17) is 4.43 Å². The first kappa shape index (κ1) is 17.9. The molecular weight excluding hydrogens is 240 g/mol. The number of rotatable bonds is 7. The highest BCUT2D eigenvalue weighted by Gasteiger charge is 2.37. The summed E-state index contributed by atoms with van der Waals surface area (Å²) in [5.74, 6) is 1.01. The highest BCUT2D eigenvalue weighted by molar-refractivity contribution is 6.74. The molecule has 108 valence electrons. The van der Waals surface area contributed by atoms with E-state index in [1.54, 1.807) is 0 Å². The van der Waals surface area contributed by atoms with Gasteiger partial charge in [0.05, 0.1) is 0 Å². The molecule has 0 aromatic rings. The van der Waals surface area contributed by atoms with E-state index in [1.165, 1.54) is 0 Å². The van der Waals surface area contributed by atoms with Crippen LogP contribution in [0, 0.1) is 17.8 Å². The van der Waals surface area contributed by atoms with Crippen molar-refractivity contribution >= 4 is 8.32 Å². The fraction of sp³-hybridized carbons (Fsp3) is 0.867. The van der Waals surface area contributed by atoms with E-state index < -0.39 is 8.32 Å². The summed E-state index contributed by atoms with van der Waals surface area (Å²) in [4.78, 5) is 0. The second-order valence-electron chi connectivity index (χ2n) is 6.99. The first-order chi connectivity index (χ1) is 8.06. The van der Waals surface area contributed by atoms with Crippen LogP contribution in [0.2, 0.25) is 18.1 Å². The summed E-state index contributed by atoms with van der Waals surface area (Å²) in [7, 11) is -1.66. The standard InChI is InChI=1S/C15H32O2Si/c1-9-14(10-16)13(3)12(2)11-17-18(7,8)15(4,5)6/h9,12-14,16H,1,10-11H2,2-8H3/t12-,13-,14?/m0/s1. The molecule has 0 aromatic carbocycles. The van der Waals surface area contributed by atoms with E-state index in [1.807, 2.05) is 6.08 Å². The molecule has 2 nitrogen and oxygen atoms in total. The first-order valence-corrected chi connectivity index (χ1v) is 9.85. The third kappa shape index (κ3) is 4.86. The molecule has 0 rings (SSSR count). The van der Waals surface area contributed by atoms with Crippen molar-refractivity contribution < 1.29 is 9.53 Å². The average molecular weight is 273 g/mol.